The van der Waals surface area contributed by atoms with E-state index in [4.69, 9.17) is 4.74 Å². The Morgan fingerprint density at radius 1 is 1.13 bits per heavy atom. The zero-order valence-electron chi connectivity index (χ0n) is 17.0. The van der Waals surface area contributed by atoms with Gasteiger partial charge in [0.1, 0.15) is 0 Å². The smallest absolute Gasteiger partial charge is 0.379 e. The van der Waals surface area contributed by atoms with Gasteiger partial charge in [0.05, 0.1) is 37.2 Å². The molecular formula is C20H24F3N5O3. The third-order valence-electron chi connectivity index (χ3n) is 4.82. The van der Waals surface area contributed by atoms with Crippen molar-refractivity contribution in [3.8, 4) is 5.69 Å². The van der Waals surface area contributed by atoms with Crippen LogP contribution in [0.3, 0.4) is 0 Å². The highest BCUT2D eigenvalue weighted by molar-refractivity contribution is 5.97. The molecule has 1 aliphatic heterocycles. The molecule has 0 spiro atoms. The first-order valence-corrected chi connectivity index (χ1v) is 9.83. The highest BCUT2D eigenvalue weighted by Crippen LogP contribution is 2.33. The minimum absolute atomic E-state index is 0.179. The molecule has 2 amide bonds. The Morgan fingerprint density at radius 3 is 2.45 bits per heavy atom. The minimum atomic E-state index is -4.81. The Kier molecular flexibility index (Phi) is 7.29. The van der Waals surface area contributed by atoms with Crippen molar-refractivity contribution in [1.82, 2.24) is 25.3 Å². The van der Waals surface area contributed by atoms with Crippen LogP contribution in [0.5, 0.6) is 0 Å². The Bertz CT molecular complexity index is 906. The predicted molar refractivity (Wildman–Crippen MR) is 106 cm³/mol. The SMILES string of the molecule is Cc1ccc(-n2ncc(C(=O)NCC(=O)NCCN3CCOCC3)c2C(F)(F)F)cc1. The van der Waals surface area contributed by atoms with Gasteiger partial charge in [0.2, 0.25) is 5.91 Å². The van der Waals surface area contributed by atoms with Crippen LogP contribution >= 0.6 is 0 Å². The Hall–Kier alpha value is -2.92. The first-order valence-electron chi connectivity index (χ1n) is 9.83. The normalized spacial score (nSPS) is 15.0. The highest BCUT2D eigenvalue weighted by Gasteiger charge is 2.40. The summed E-state index contributed by atoms with van der Waals surface area (Å²) in [6.45, 7) is 5.20. The van der Waals surface area contributed by atoms with E-state index in [1.165, 1.54) is 12.1 Å². The average molecular weight is 439 g/mol. The summed E-state index contributed by atoms with van der Waals surface area (Å²) in [5.41, 5.74) is -0.782. The zero-order valence-corrected chi connectivity index (χ0v) is 17.0. The topological polar surface area (TPSA) is 88.5 Å². The van der Waals surface area contributed by atoms with E-state index in [2.05, 4.69) is 20.6 Å². The van der Waals surface area contributed by atoms with Gasteiger partial charge in [-0.15, -0.1) is 0 Å². The molecule has 0 radical (unpaired) electrons. The van der Waals surface area contributed by atoms with Crippen LogP contribution in [-0.4, -0.2) is 72.4 Å². The van der Waals surface area contributed by atoms with Crippen LogP contribution in [-0.2, 0) is 15.7 Å². The van der Waals surface area contributed by atoms with Gasteiger partial charge in [-0.05, 0) is 19.1 Å². The van der Waals surface area contributed by atoms with Crippen molar-refractivity contribution >= 4 is 11.8 Å². The third-order valence-corrected chi connectivity index (χ3v) is 4.82. The van der Waals surface area contributed by atoms with E-state index in [1.807, 2.05) is 6.92 Å². The number of hydrogen-bond acceptors (Lipinski definition) is 5. The fourth-order valence-electron chi connectivity index (χ4n) is 3.17. The number of benzene rings is 1. The second kappa shape index (κ2) is 9.92. The van der Waals surface area contributed by atoms with Crippen LogP contribution in [0.2, 0.25) is 0 Å². The first kappa shape index (κ1) is 22.8. The molecule has 2 heterocycles. The maximum absolute atomic E-state index is 13.7. The third kappa shape index (κ3) is 6.05. The monoisotopic (exact) mass is 439 g/mol. The van der Waals surface area contributed by atoms with E-state index in [1.54, 1.807) is 12.1 Å². The minimum Gasteiger partial charge on any atom is -0.379 e. The van der Waals surface area contributed by atoms with Crippen molar-refractivity contribution < 1.29 is 27.5 Å². The molecular weight excluding hydrogens is 415 g/mol. The number of morpholine rings is 1. The molecule has 1 aromatic carbocycles. The largest absolute Gasteiger partial charge is 0.434 e. The molecule has 2 aromatic rings. The lowest BCUT2D eigenvalue weighted by Crippen LogP contribution is -2.43. The summed E-state index contributed by atoms with van der Waals surface area (Å²) >= 11 is 0. The Morgan fingerprint density at radius 2 is 1.81 bits per heavy atom. The zero-order chi connectivity index (χ0) is 22.4. The standard InChI is InChI=1S/C20H24F3N5O3/c1-14-2-4-15(5-3-14)28-18(20(21,22)23)16(12-26-28)19(30)25-13-17(29)24-6-7-27-8-10-31-11-9-27/h2-5,12H,6-11,13H2,1H3,(H,24,29)(H,25,30). The van der Waals surface area contributed by atoms with E-state index in [0.29, 0.717) is 31.0 Å². The van der Waals surface area contributed by atoms with Crippen molar-refractivity contribution in [1.29, 1.82) is 0 Å². The second-order valence-electron chi connectivity index (χ2n) is 7.14. The average Bonchev–Trinajstić information content (AvgIpc) is 3.19. The van der Waals surface area contributed by atoms with Gasteiger partial charge in [0, 0.05) is 26.2 Å². The van der Waals surface area contributed by atoms with Crippen LogP contribution in [0.4, 0.5) is 13.2 Å². The summed E-state index contributed by atoms with van der Waals surface area (Å²) in [5.74, 6) is -1.50. The van der Waals surface area contributed by atoms with Gasteiger partial charge in [0.15, 0.2) is 5.69 Å². The second-order valence-corrected chi connectivity index (χ2v) is 7.14. The van der Waals surface area contributed by atoms with Crippen molar-refractivity contribution in [3.63, 3.8) is 0 Å². The summed E-state index contributed by atoms with van der Waals surface area (Å²) in [5, 5.41) is 8.63. The number of halogens is 3. The molecule has 0 unspecified atom stereocenters. The fourth-order valence-corrected chi connectivity index (χ4v) is 3.17. The van der Waals surface area contributed by atoms with Gasteiger partial charge in [-0.2, -0.15) is 18.3 Å². The van der Waals surface area contributed by atoms with Crippen LogP contribution < -0.4 is 10.6 Å². The number of amides is 2. The predicted octanol–water partition coefficient (Wildman–Crippen LogP) is 1.38. The van der Waals surface area contributed by atoms with Crippen molar-refractivity contribution in [2.45, 2.75) is 13.1 Å². The lowest BCUT2D eigenvalue weighted by atomic mass is 10.2. The molecule has 11 heteroatoms. The van der Waals surface area contributed by atoms with Crippen molar-refractivity contribution in [2.75, 3.05) is 45.9 Å². The van der Waals surface area contributed by atoms with E-state index in [-0.39, 0.29) is 5.69 Å². The molecule has 8 nitrogen and oxygen atoms in total. The van der Waals surface area contributed by atoms with E-state index in [9.17, 15) is 22.8 Å². The molecule has 1 fully saturated rings. The molecule has 1 aliphatic rings. The van der Waals surface area contributed by atoms with E-state index < -0.39 is 35.8 Å². The van der Waals surface area contributed by atoms with Crippen LogP contribution in [0.15, 0.2) is 30.5 Å². The van der Waals surface area contributed by atoms with Gasteiger partial charge in [0.25, 0.3) is 5.91 Å². The summed E-state index contributed by atoms with van der Waals surface area (Å²) in [6.07, 6.45) is -3.96. The quantitative estimate of drug-likeness (QED) is 0.681. The van der Waals surface area contributed by atoms with Crippen molar-refractivity contribution in [2.24, 2.45) is 0 Å². The number of rotatable bonds is 7. The maximum atomic E-state index is 13.7. The van der Waals surface area contributed by atoms with Gasteiger partial charge >= 0.3 is 6.18 Å². The number of carbonyl (C=O) groups is 2. The summed E-state index contributed by atoms with van der Waals surface area (Å²) in [6, 6.07) is 6.28. The lowest BCUT2D eigenvalue weighted by molar-refractivity contribution is -0.143. The number of carbonyl (C=O) groups excluding carboxylic acids is 2. The number of ether oxygens (including phenoxy) is 1. The number of nitrogens with zero attached hydrogens (tertiary/aromatic N) is 3. The van der Waals surface area contributed by atoms with E-state index in [0.717, 1.165) is 24.8 Å². The number of alkyl halides is 3. The molecule has 0 aliphatic carbocycles. The molecule has 3 rings (SSSR count). The summed E-state index contributed by atoms with van der Waals surface area (Å²) in [4.78, 5) is 26.4. The highest BCUT2D eigenvalue weighted by atomic mass is 19.4. The van der Waals surface area contributed by atoms with Gasteiger partial charge in [-0.3, -0.25) is 14.5 Å². The molecule has 2 N–H and O–H groups in total. The number of aromatic nitrogens is 2. The summed E-state index contributed by atoms with van der Waals surface area (Å²) in [7, 11) is 0. The Labute approximate surface area is 177 Å². The van der Waals surface area contributed by atoms with Crippen LogP contribution in [0, 0.1) is 6.92 Å². The lowest BCUT2D eigenvalue weighted by Gasteiger charge is -2.26. The molecule has 168 valence electrons. The molecule has 31 heavy (non-hydrogen) atoms. The van der Waals surface area contributed by atoms with Crippen LogP contribution in [0.1, 0.15) is 21.6 Å². The maximum Gasteiger partial charge on any atom is 0.434 e. The molecule has 1 saturated heterocycles. The van der Waals surface area contributed by atoms with E-state index >= 15 is 0 Å². The Balaban J connectivity index is 1.60. The number of aryl methyl sites for hydroxylation is 1. The first-order chi connectivity index (χ1) is 14.8. The van der Waals surface area contributed by atoms with Crippen LogP contribution in [0.25, 0.3) is 5.69 Å². The number of nitrogens with one attached hydrogen (secondary N) is 2. The summed E-state index contributed by atoms with van der Waals surface area (Å²) < 4.78 is 46.9. The van der Waals surface area contributed by atoms with Gasteiger partial charge < -0.3 is 15.4 Å². The molecule has 0 bridgehead atoms. The fraction of sp³-hybridized carbons (Fsp3) is 0.450. The number of hydrogen-bond donors (Lipinski definition) is 2. The van der Waals surface area contributed by atoms with Gasteiger partial charge in [-0.25, -0.2) is 4.68 Å². The van der Waals surface area contributed by atoms with Crippen molar-refractivity contribution in [3.05, 3.63) is 47.3 Å². The molecule has 1 aromatic heterocycles. The van der Waals surface area contributed by atoms with Gasteiger partial charge in [-0.1, -0.05) is 17.7 Å². The molecule has 0 saturated carbocycles. The molecule has 0 atom stereocenters.